The molecule has 16 heavy (non-hydrogen) atoms. The lowest BCUT2D eigenvalue weighted by atomic mass is 10.0. The number of hydrogen-bond donors (Lipinski definition) is 2. The van der Waals surface area contributed by atoms with Gasteiger partial charge in [-0.15, -0.1) is 0 Å². The van der Waals surface area contributed by atoms with E-state index in [0.29, 0.717) is 10.0 Å². The van der Waals surface area contributed by atoms with Gasteiger partial charge in [-0.2, -0.15) is 0 Å². The standard InChI is InChI=1S/C12H17Cl2NO/c1-8(15-12(2,3)7-16)9-4-10(13)6-11(14)5-9/h4-6,8,15-16H,7H2,1-3H3. The maximum Gasteiger partial charge on any atom is 0.0608 e. The van der Waals surface area contributed by atoms with Gasteiger partial charge < -0.3 is 10.4 Å². The maximum absolute atomic E-state index is 9.18. The molecule has 0 aromatic heterocycles. The molecule has 0 aliphatic heterocycles. The molecule has 1 rings (SSSR count). The second-order valence-corrected chi connectivity index (χ2v) is 5.48. The van der Waals surface area contributed by atoms with E-state index in [1.807, 2.05) is 32.9 Å². The summed E-state index contributed by atoms with van der Waals surface area (Å²) in [5.41, 5.74) is 0.688. The lowest BCUT2D eigenvalue weighted by molar-refractivity contribution is 0.178. The van der Waals surface area contributed by atoms with E-state index in [4.69, 9.17) is 23.2 Å². The van der Waals surface area contributed by atoms with E-state index in [1.165, 1.54) is 0 Å². The number of rotatable bonds is 4. The van der Waals surface area contributed by atoms with Crippen LogP contribution in [-0.2, 0) is 0 Å². The number of halogens is 2. The molecule has 2 N–H and O–H groups in total. The molecule has 0 aliphatic carbocycles. The van der Waals surface area contributed by atoms with Crippen LogP contribution in [0.5, 0.6) is 0 Å². The van der Waals surface area contributed by atoms with Crippen molar-refractivity contribution in [2.45, 2.75) is 32.4 Å². The molecule has 0 heterocycles. The fourth-order valence-electron chi connectivity index (χ4n) is 1.54. The van der Waals surface area contributed by atoms with Crippen LogP contribution in [-0.4, -0.2) is 17.3 Å². The van der Waals surface area contributed by atoms with Crippen molar-refractivity contribution in [1.29, 1.82) is 0 Å². The van der Waals surface area contributed by atoms with E-state index >= 15 is 0 Å². The number of benzene rings is 1. The van der Waals surface area contributed by atoms with Crippen molar-refractivity contribution in [1.82, 2.24) is 5.32 Å². The van der Waals surface area contributed by atoms with Crippen molar-refractivity contribution < 1.29 is 5.11 Å². The van der Waals surface area contributed by atoms with Crippen LogP contribution in [0.2, 0.25) is 10.0 Å². The molecule has 1 aromatic rings. The van der Waals surface area contributed by atoms with Gasteiger partial charge in [0.05, 0.1) is 6.61 Å². The minimum Gasteiger partial charge on any atom is -0.394 e. The van der Waals surface area contributed by atoms with Crippen LogP contribution in [0.25, 0.3) is 0 Å². The highest BCUT2D eigenvalue weighted by Crippen LogP contribution is 2.24. The highest BCUT2D eigenvalue weighted by Gasteiger charge is 2.19. The molecular formula is C12H17Cl2NO. The van der Waals surface area contributed by atoms with E-state index in [-0.39, 0.29) is 18.2 Å². The smallest absolute Gasteiger partial charge is 0.0608 e. The third-order valence-corrected chi connectivity index (χ3v) is 2.82. The molecule has 4 heteroatoms. The Morgan fingerprint density at radius 1 is 1.25 bits per heavy atom. The molecule has 0 fully saturated rings. The lowest BCUT2D eigenvalue weighted by Crippen LogP contribution is -2.43. The predicted molar refractivity (Wildman–Crippen MR) is 69.2 cm³/mol. The van der Waals surface area contributed by atoms with Crippen molar-refractivity contribution in [2.75, 3.05) is 6.61 Å². The number of nitrogens with one attached hydrogen (secondary N) is 1. The fourth-order valence-corrected chi connectivity index (χ4v) is 2.08. The average Bonchev–Trinajstić information content (AvgIpc) is 2.15. The molecule has 0 bridgehead atoms. The highest BCUT2D eigenvalue weighted by molar-refractivity contribution is 6.34. The first-order valence-corrected chi connectivity index (χ1v) is 5.94. The summed E-state index contributed by atoms with van der Waals surface area (Å²) in [6.45, 7) is 5.97. The number of aliphatic hydroxyl groups excluding tert-OH is 1. The van der Waals surface area contributed by atoms with Crippen LogP contribution in [0, 0.1) is 0 Å². The monoisotopic (exact) mass is 261 g/mol. The van der Waals surface area contributed by atoms with E-state index in [2.05, 4.69) is 5.32 Å². The van der Waals surface area contributed by atoms with Crippen molar-refractivity contribution in [3.05, 3.63) is 33.8 Å². The topological polar surface area (TPSA) is 32.3 Å². The molecule has 0 aliphatic rings. The minimum absolute atomic E-state index is 0.0750. The summed E-state index contributed by atoms with van der Waals surface area (Å²) >= 11 is 11.9. The second-order valence-electron chi connectivity index (χ2n) is 4.61. The molecule has 1 unspecified atom stereocenters. The molecule has 0 saturated carbocycles. The SMILES string of the molecule is CC(NC(C)(C)CO)c1cc(Cl)cc(Cl)c1. The first-order chi connectivity index (χ1) is 7.34. The van der Waals surface area contributed by atoms with Gasteiger partial charge in [0.2, 0.25) is 0 Å². The fraction of sp³-hybridized carbons (Fsp3) is 0.500. The summed E-state index contributed by atoms with van der Waals surface area (Å²) in [5.74, 6) is 0. The van der Waals surface area contributed by atoms with Gasteiger partial charge in [-0.05, 0) is 44.5 Å². The van der Waals surface area contributed by atoms with Gasteiger partial charge in [0.1, 0.15) is 0 Å². The Hall–Kier alpha value is -0.280. The molecule has 1 atom stereocenters. The molecule has 0 radical (unpaired) electrons. The molecule has 1 aromatic carbocycles. The lowest BCUT2D eigenvalue weighted by Gasteiger charge is -2.28. The summed E-state index contributed by atoms with van der Waals surface area (Å²) in [7, 11) is 0. The molecule has 0 saturated heterocycles. The first kappa shape index (κ1) is 13.8. The van der Waals surface area contributed by atoms with E-state index in [9.17, 15) is 5.11 Å². The Labute approximate surface area is 107 Å². The summed E-state index contributed by atoms with van der Waals surface area (Å²) in [5, 5.41) is 13.7. The van der Waals surface area contributed by atoms with Gasteiger partial charge in [0.25, 0.3) is 0 Å². The molecule has 0 spiro atoms. The summed E-state index contributed by atoms with van der Waals surface area (Å²) < 4.78 is 0. The van der Waals surface area contributed by atoms with Gasteiger partial charge in [-0.1, -0.05) is 23.2 Å². The van der Waals surface area contributed by atoms with Crippen LogP contribution in [0.15, 0.2) is 18.2 Å². The normalized spacial score (nSPS) is 13.9. The molecular weight excluding hydrogens is 245 g/mol. The Morgan fingerprint density at radius 2 is 1.75 bits per heavy atom. The van der Waals surface area contributed by atoms with Crippen LogP contribution in [0.3, 0.4) is 0 Å². The maximum atomic E-state index is 9.18. The predicted octanol–water partition coefficient (Wildman–Crippen LogP) is 3.41. The zero-order valence-electron chi connectivity index (χ0n) is 9.72. The van der Waals surface area contributed by atoms with Crippen LogP contribution >= 0.6 is 23.2 Å². The Morgan fingerprint density at radius 3 is 2.19 bits per heavy atom. The highest BCUT2D eigenvalue weighted by atomic mass is 35.5. The zero-order valence-corrected chi connectivity index (χ0v) is 11.2. The van der Waals surface area contributed by atoms with E-state index in [0.717, 1.165) is 5.56 Å². The largest absolute Gasteiger partial charge is 0.394 e. The molecule has 90 valence electrons. The van der Waals surface area contributed by atoms with Gasteiger partial charge >= 0.3 is 0 Å². The third-order valence-electron chi connectivity index (χ3n) is 2.39. The summed E-state index contributed by atoms with van der Waals surface area (Å²) in [6.07, 6.45) is 0. The van der Waals surface area contributed by atoms with Gasteiger partial charge in [0, 0.05) is 21.6 Å². The number of hydrogen-bond acceptors (Lipinski definition) is 2. The van der Waals surface area contributed by atoms with Crippen LogP contribution in [0.4, 0.5) is 0 Å². The number of aliphatic hydroxyl groups is 1. The van der Waals surface area contributed by atoms with Gasteiger partial charge in [-0.3, -0.25) is 0 Å². The average molecular weight is 262 g/mol. The van der Waals surface area contributed by atoms with Crippen molar-refractivity contribution in [3.63, 3.8) is 0 Å². The molecule has 0 amide bonds. The first-order valence-electron chi connectivity index (χ1n) is 5.18. The van der Waals surface area contributed by atoms with Crippen molar-refractivity contribution in [2.24, 2.45) is 0 Å². The molecule has 2 nitrogen and oxygen atoms in total. The van der Waals surface area contributed by atoms with E-state index in [1.54, 1.807) is 6.07 Å². The zero-order chi connectivity index (χ0) is 12.3. The van der Waals surface area contributed by atoms with Crippen LogP contribution < -0.4 is 5.32 Å². The van der Waals surface area contributed by atoms with Gasteiger partial charge in [-0.25, -0.2) is 0 Å². The minimum atomic E-state index is -0.325. The van der Waals surface area contributed by atoms with Crippen molar-refractivity contribution in [3.8, 4) is 0 Å². The summed E-state index contributed by atoms with van der Waals surface area (Å²) in [6, 6.07) is 5.53. The second kappa shape index (κ2) is 5.37. The Bertz CT molecular complexity index is 346. The van der Waals surface area contributed by atoms with E-state index < -0.39 is 0 Å². The third kappa shape index (κ3) is 3.95. The Balaban J connectivity index is 2.84. The van der Waals surface area contributed by atoms with Crippen LogP contribution in [0.1, 0.15) is 32.4 Å². The summed E-state index contributed by atoms with van der Waals surface area (Å²) in [4.78, 5) is 0. The Kier molecular flexibility index (Phi) is 4.62. The van der Waals surface area contributed by atoms with Crippen molar-refractivity contribution >= 4 is 23.2 Å². The quantitative estimate of drug-likeness (QED) is 0.871. The van der Waals surface area contributed by atoms with Gasteiger partial charge in [0.15, 0.2) is 0 Å².